The fourth-order valence-electron chi connectivity index (χ4n) is 1.93. The van der Waals surface area contributed by atoms with E-state index in [1.807, 2.05) is 22.6 Å². The highest BCUT2D eigenvalue weighted by Crippen LogP contribution is 2.17. The van der Waals surface area contributed by atoms with Gasteiger partial charge in [-0.15, -0.1) is 12.4 Å². The molecular weight excluding hydrogens is 388 g/mol. The first-order chi connectivity index (χ1) is 8.58. The molecular formula is C12H14ClF2IN2O. The Labute approximate surface area is 130 Å². The monoisotopic (exact) mass is 402 g/mol. The number of benzene rings is 1. The number of hydrogen-bond donors (Lipinski definition) is 2. The molecule has 7 heteroatoms. The highest BCUT2D eigenvalue weighted by Gasteiger charge is 2.19. The van der Waals surface area contributed by atoms with E-state index in [0.29, 0.717) is 10.1 Å². The summed E-state index contributed by atoms with van der Waals surface area (Å²) in [4.78, 5) is 12.0. The summed E-state index contributed by atoms with van der Waals surface area (Å²) in [7, 11) is 0. The van der Waals surface area contributed by atoms with Gasteiger partial charge in [0.1, 0.15) is 0 Å². The number of carbonyl (C=O) groups is 1. The lowest BCUT2D eigenvalue weighted by Crippen LogP contribution is -2.45. The van der Waals surface area contributed by atoms with Crippen molar-refractivity contribution in [3.8, 4) is 0 Å². The Hall–Kier alpha value is -0.470. The van der Waals surface area contributed by atoms with E-state index in [-0.39, 0.29) is 29.9 Å². The molecule has 2 N–H and O–H groups in total. The Morgan fingerprint density at radius 2 is 2.05 bits per heavy atom. The number of halogens is 4. The van der Waals surface area contributed by atoms with Crippen molar-refractivity contribution in [3.63, 3.8) is 0 Å². The van der Waals surface area contributed by atoms with Crippen LogP contribution in [0, 0.1) is 15.2 Å². The Bertz CT molecular complexity index is 467. The van der Waals surface area contributed by atoms with Crippen molar-refractivity contribution in [2.75, 3.05) is 13.1 Å². The van der Waals surface area contributed by atoms with E-state index in [1.165, 1.54) is 0 Å². The van der Waals surface area contributed by atoms with E-state index in [2.05, 4.69) is 10.6 Å². The third kappa shape index (κ3) is 4.25. The number of hydrogen-bond acceptors (Lipinski definition) is 2. The minimum Gasteiger partial charge on any atom is -0.348 e. The standard InChI is InChI=1S/C12H13F2IN2O.ClH/c13-9-4-8(11(15)5-10(9)14)12(18)17-7-2-1-3-16-6-7;/h4-5,7,16H,1-3,6H2,(H,17,18);1H/t7-;/m0./s1. The Kier molecular flexibility index (Phi) is 6.41. The second-order valence-electron chi connectivity index (χ2n) is 4.26. The maximum atomic E-state index is 13.1. The number of amides is 1. The van der Waals surface area contributed by atoms with E-state index in [0.717, 1.165) is 31.5 Å². The molecule has 1 atom stereocenters. The maximum Gasteiger partial charge on any atom is 0.252 e. The summed E-state index contributed by atoms with van der Waals surface area (Å²) in [5.74, 6) is -2.29. The number of carbonyl (C=O) groups excluding carboxylic acids is 1. The van der Waals surface area contributed by atoms with Crippen molar-refractivity contribution >= 4 is 40.9 Å². The number of piperidine rings is 1. The van der Waals surface area contributed by atoms with Gasteiger partial charge in [0.05, 0.1) is 5.56 Å². The lowest BCUT2D eigenvalue weighted by atomic mass is 10.1. The second-order valence-corrected chi connectivity index (χ2v) is 5.43. The molecule has 0 unspecified atom stereocenters. The minimum atomic E-state index is -0.998. The molecule has 1 aromatic carbocycles. The number of nitrogens with one attached hydrogen (secondary N) is 2. The summed E-state index contributed by atoms with van der Waals surface area (Å²) in [5.41, 5.74) is 0.181. The van der Waals surface area contributed by atoms with Crippen LogP contribution in [0.1, 0.15) is 23.2 Å². The highest BCUT2D eigenvalue weighted by molar-refractivity contribution is 14.1. The van der Waals surface area contributed by atoms with Crippen molar-refractivity contribution < 1.29 is 13.6 Å². The normalized spacial score (nSPS) is 18.6. The van der Waals surface area contributed by atoms with Crippen LogP contribution in [0.3, 0.4) is 0 Å². The number of rotatable bonds is 2. The first-order valence-electron chi connectivity index (χ1n) is 5.74. The third-order valence-corrected chi connectivity index (χ3v) is 3.78. The SMILES string of the molecule is Cl.O=C(N[C@H]1CCCNC1)c1cc(F)c(F)cc1I. The van der Waals surface area contributed by atoms with Gasteiger partial charge in [0, 0.05) is 16.2 Å². The van der Waals surface area contributed by atoms with Crippen molar-refractivity contribution in [1.29, 1.82) is 0 Å². The van der Waals surface area contributed by atoms with Crippen molar-refractivity contribution in [2.24, 2.45) is 0 Å². The van der Waals surface area contributed by atoms with Crippen molar-refractivity contribution in [2.45, 2.75) is 18.9 Å². The fourth-order valence-corrected chi connectivity index (χ4v) is 2.61. The Morgan fingerprint density at radius 3 is 2.68 bits per heavy atom. The third-order valence-electron chi connectivity index (χ3n) is 2.89. The van der Waals surface area contributed by atoms with Crippen LogP contribution >= 0.6 is 35.0 Å². The molecule has 1 heterocycles. The van der Waals surface area contributed by atoms with Crippen LogP contribution in [0.25, 0.3) is 0 Å². The average molecular weight is 403 g/mol. The molecule has 1 fully saturated rings. The van der Waals surface area contributed by atoms with E-state index < -0.39 is 11.6 Å². The molecule has 1 aliphatic heterocycles. The van der Waals surface area contributed by atoms with Gasteiger partial charge in [-0.05, 0) is 54.1 Å². The molecule has 3 nitrogen and oxygen atoms in total. The van der Waals surface area contributed by atoms with E-state index in [1.54, 1.807) is 0 Å². The average Bonchev–Trinajstić information content (AvgIpc) is 2.35. The Morgan fingerprint density at radius 1 is 1.37 bits per heavy atom. The van der Waals surface area contributed by atoms with E-state index in [9.17, 15) is 13.6 Å². The lowest BCUT2D eigenvalue weighted by molar-refractivity contribution is 0.0929. The van der Waals surface area contributed by atoms with Crippen molar-refractivity contribution in [3.05, 3.63) is 32.9 Å². The zero-order chi connectivity index (χ0) is 13.1. The minimum absolute atomic E-state index is 0. The quantitative estimate of drug-likeness (QED) is 0.589. The molecule has 0 bridgehead atoms. The molecule has 1 amide bonds. The highest BCUT2D eigenvalue weighted by atomic mass is 127. The van der Waals surface area contributed by atoms with E-state index in [4.69, 9.17) is 0 Å². The van der Waals surface area contributed by atoms with Crippen LogP contribution in [0.5, 0.6) is 0 Å². The maximum absolute atomic E-state index is 13.1. The van der Waals surface area contributed by atoms with Gasteiger partial charge in [0.25, 0.3) is 5.91 Å². The lowest BCUT2D eigenvalue weighted by Gasteiger charge is -2.24. The molecule has 0 aliphatic carbocycles. The molecule has 19 heavy (non-hydrogen) atoms. The van der Waals surface area contributed by atoms with Crippen LogP contribution in [0.15, 0.2) is 12.1 Å². The molecule has 1 saturated heterocycles. The molecule has 0 radical (unpaired) electrons. The Balaban J connectivity index is 0.00000180. The van der Waals surface area contributed by atoms with Gasteiger partial charge in [-0.3, -0.25) is 4.79 Å². The zero-order valence-corrected chi connectivity index (χ0v) is 13.0. The molecule has 1 aromatic rings. The molecule has 0 spiro atoms. The van der Waals surface area contributed by atoms with Crippen LogP contribution in [0.2, 0.25) is 0 Å². The molecule has 1 aliphatic rings. The second kappa shape index (κ2) is 7.35. The van der Waals surface area contributed by atoms with Crippen LogP contribution in [0.4, 0.5) is 8.78 Å². The predicted molar refractivity (Wildman–Crippen MR) is 79.7 cm³/mol. The fraction of sp³-hybridized carbons (Fsp3) is 0.417. The summed E-state index contributed by atoms with van der Waals surface area (Å²) in [5, 5.41) is 6.00. The zero-order valence-electron chi connectivity index (χ0n) is 10.0. The summed E-state index contributed by atoms with van der Waals surface area (Å²) in [6, 6.07) is 2.03. The van der Waals surface area contributed by atoms with Gasteiger partial charge in [-0.25, -0.2) is 8.78 Å². The predicted octanol–water partition coefficient (Wildman–Crippen LogP) is 2.47. The molecule has 0 aromatic heterocycles. The van der Waals surface area contributed by atoms with Crippen LogP contribution in [-0.2, 0) is 0 Å². The van der Waals surface area contributed by atoms with Gasteiger partial charge in [0.15, 0.2) is 11.6 Å². The largest absolute Gasteiger partial charge is 0.348 e. The van der Waals surface area contributed by atoms with Gasteiger partial charge >= 0.3 is 0 Å². The summed E-state index contributed by atoms with van der Waals surface area (Å²) in [6.07, 6.45) is 1.90. The van der Waals surface area contributed by atoms with Gasteiger partial charge < -0.3 is 10.6 Å². The first-order valence-corrected chi connectivity index (χ1v) is 6.82. The van der Waals surface area contributed by atoms with Crippen molar-refractivity contribution in [1.82, 2.24) is 10.6 Å². The first kappa shape index (κ1) is 16.6. The van der Waals surface area contributed by atoms with Gasteiger partial charge in [-0.1, -0.05) is 0 Å². The van der Waals surface area contributed by atoms with Gasteiger partial charge in [0.2, 0.25) is 0 Å². The summed E-state index contributed by atoms with van der Waals surface area (Å²) in [6.45, 7) is 1.67. The topological polar surface area (TPSA) is 41.1 Å². The molecule has 0 saturated carbocycles. The smallest absolute Gasteiger partial charge is 0.252 e. The van der Waals surface area contributed by atoms with Crippen LogP contribution < -0.4 is 10.6 Å². The van der Waals surface area contributed by atoms with Gasteiger partial charge in [-0.2, -0.15) is 0 Å². The summed E-state index contributed by atoms with van der Waals surface area (Å²) >= 11 is 1.83. The molecule has 2 rings (SSSR count). The van der Waals surface area contributed by atoms with Crippen LogP contribution in [-0.4, -0.2) is 25.0 Å². The van der Waals surface area contributed by atoms with E-state index >= 15 is 0 Å². The molecule has 106 valence electrons. The summed E-state index contributed by atoms with van der Waals surface area (Å²) < 4.78 is 26.5.